The molecule has 1 unspecified atom stereocenters. The largest absolute Gasteiger partial charge is 0.314 e. The first-order valence-corrected chi connectivity index (χ1v) is 4.43. The molecule has 1 aromatic carbocycles. The van der Waals surface area contributed by atoms with Crippen molar-refractivity contribution < 1.29 is 0 Å². The molecular formula is C10H10BrN. The van der Waals surface area contributed by atoms with Crippen LogP contribution in [0.5, 0.6) is 0 Å². The zero-order valence-corrected chi connectivity index (χ0v) is 8.43. The Morgan fingerprint density at radius 1 is 1.58 bits per heavy atom. The smallest absolute Gasteiger partial charge is 0.0929 e. The summed E-state index contributed by atoms with van der Waals surface area (Å²) in [4.78, 5) is 0. The highest BCUT2D eigenvalue weighted by molar-refractivity contribution is 9.10. The van der Waals surface area contributed by atoms with E-state index in [-0.39, 0.29) is 6.04 Å². The minimum absolute atomic E-state index is 0.320. The summed E-state index contributed by atoms with van der Waals surface area (Å²) in [5.41, 5.74) is 7.82. The van der Waals surface area contributed by atoms with Crippen LogP contribution in [0.15, 0.2) is 22.7 Å². The third-order valence-corrected chi connectivity index (χ3v) is 2.82. The highest BCUT2D eigenvalue weighted by Gasteiger charge is 2.07. The fourth-order valence-corrected chi connectivity index (χ4v) is 1.51. The fraction of sp³-hybridized carbons (Fsp3) is 0.200. The van der Waals surface area contributed by atoms with Crippen LogP contribution in [0.3, 0.4) is 0 Å². The average Bonchev–Trinajstić information content (AvgIpc) is 2.08. The van der Waals surface area contributed by atoms with Crippen molar-refractivity contribution in [2.24, 2.45) is 5.73 Å². The van der Waals surface area contributed by atoms with Gasteiger partial charge < -0.3 is 5.73 Å². The molecule has 0 aromatic heterocycles. The van der Waals surface area contributed by atoms with Gasteiger partial charge in [0.1, 0.15) is 0 Å². The minimum Gasteiger partial charge on any atom is -0.314 e. The van der Waals surface area contributed by atoms with Crippen LogP contribution in [0, 0.1) is 19.3 Å². The predicted molar refractivity (Wildman–Crippen MR) is 54.6 cm³/mol. The van der Waals surface area contributed by atoms with Crippen LogP contribution >= 0.6 is 15.9 Å². The summed E-state index contributed by atoms with van der Waals surface area (Å²) < 4.78 is 1.01. The van der Waals surface area contributed by atoms with Crippen LogP contribution in [0.1, 0.15) is 17.2 Å². The molecule has 0 aliphatic heterocycles. The molecule has 62 valence electrons. The van der Waals surface area contributed by atoms with Crippen LogP contribution in [0.4, 0.5) is 0 Å². The maximum Gasteiger partial charge on any atom is 0.0929 e. The first-order valence-electron chi connectivity index (χ1n) is 3.63. The number of rotatable bonds is 1. The van der Waals surface area contributed by atoms with Crippen LogP contribution in [-0.2, 0) is 0 Å². The van der Waals surface area contributed by atoms with E-state index in [0.29, 0.717) is 0 Å². The Kier molecular flexibility index (Phi) is 2.91. The summed E-state index contributed by atoms with van der Waals surface area (Å²) in [6.07, 6.45) is 5.23. The van der Waals surface area contributed by atoms with Crippen molar-refractivity contribution in [3.63, 3.8) is 0 Å². The van der Waals surface area contributed by atoms with Gasteiger partial charge in [0.2, 0.25) is 0 Å². The molecule has 0 bridgehead atoms. The lowest BCUT2D eigenvalue weighted by Crippen LogP contribution is -2.08. The molecule has 1 aromatic rings. The number of benzene rings is 1. The lowest BCUT2D eigenvalue weighted by Gasteiger charge is -2.08. The van der Waals surface area contributed by atoms with Gasteiger partial charge in [-0.1, -0.05) is 40.0 Å². The second kappa shape index (κ2) is 3.75. The standard InChI is InChI=1S/C10H10BrN/c1-3-9(12)8-6-4-5-7(2)10(8)11/h1,4-6,9H,12H2,2H3. The summed E-state index contributed by atoms with van der Waals surface area (Å²) in [6.45, 7) is 2.01. The van der Waals surface area contributed by atoms with Crippen molar-refractivity contribution in [1.82, 2.24) is 0 Å². The molecule has 1 nitrogen and oxygen atoms in total. The van der Waals surface area contributed by atoms with Crippen molar-refractivity contribution in [3.8, 4) is 12.3 Å². The molecule has 0 aliphatic rings. The van der Waals surface area contributed by atoms with E-state index in [2.05, 4.69) is 21.9 Å². The molecule has 0 radical (unpaired) electrons. The zero-order valence-electron chi connectivity index (χ0n) is 6.84. The molecule has 1 atom stereocenters. The Morgan fingerprint density at radius 3 is 2.83 bits per heavy atom. The number of nitrogens with two attached hydrogens (primary N) is 1. The molecule has 0 heterocycles. The average molecular weight is 224 g/mol. The SMILES string of the molecule is C#CC(N)c1cccc(C)c1Br. The summed E-state index contributed by atoms with van der Waals surface area (Å²) in [5.74, 6) is 2.50. The van der Waals surface area contributed by atoms with Gasteiger partial charge >= 0.3 is 0 Å². The zero-order chi connectivity index (χ0) is 9.14. The molecule has 12 heavy (non-hydrogen) atoms. The molecule has 0 spiro atoms. The predicted octanol–water partition coefficient (Wildman–Crippen LogP) is 2.39. The Morgan fingerprint density at radius 2 is 2.25 bits per heavy atom. The number of hydrogen-bond acceptors (Lipinski definition) is 1. The summed E-state index contributed by atoms with van der Waals surface area (Å²) in [5, 5.41) is 0. The van der Waals surface area contributed by atoms with Gasteiger partial charge in [0.05, 0.1) is 6.04 Å². The van der Waals surface area contributed by atoms with Gasteiger partial charge in [0.15, 0.2) is 0 Å². The van der Waals surface area contributed by atoms with Crippen LogP contribution in [-0.4, -0.2) is 0 Å². The number of halogens is 1. The highest BCUT2D eigenvalue weighted by atomic mass is 79.9. The van der Waals surface area contributed by atoms with Gasteiger partial charge in [-0.25, -0.2) is 0 Å². The number of terminal acetylenes is 1. The third kappa shape index (κ3) is 1.69. The fourth-order valence-electron chi connectivity index (χ4n) is 1.00. The van der Waals surface area contributed by atoms with Crippen molar-refractivity contribution in [2.45, 2.75) is 13.0 Å². The quantitative estimate of drug-likeness (QED) is 0.728. The summed E-state index contributed by atoms with van der Waals surface area (Å²) >= 11 is 3.45. The lowest BCUT2D eigenvalue weighted by atomic mass is 10.1. The van der Waals surface area contributed by atoms with Crippen LogP contribution < -0.4 is 5.73 Å². The molecule has 0 amide bonds. The van der Waals surface area contributed by atoms with Gasteiger partial charge in [-0.05, 0) is 18.1 Å². The third-order valence-electron chi connectivity index (χ3n) is 1.74. The molecule has 2 N–H and O–H groups in total. The Balaban J connectivity index is 3.18. The second-order valence-corrected chi connectivity index (χ2v) is 3.42. The molecule has 2 heteroatoms. The van der Waals surface area contributed by atoms with Crippen molar-refractivity contribution in [2.75, 3.05) is 0 Å². The normalized spacial score (nSPS) is 12.2. The maximum atomic E-state index is 5.70. The lowest BCUT2D eigenvalue weighted by molar-refractivity contribution is 0.936. The van der Waals surface area contributed by atoms with E-state index in [9.17, 15) is 0 Å². The van der Waals surface area contributed by atoms with Crippen molar-refractivity contribution >= 4 is 15.9 Å². The van der Waals surface area contributed by atoms with E-state index in [4.69, 9.17) is 12.2 Å². The van der Waals surface area contributed by atoms with Gasteiger partial charge in [-0.2, -0.15) is 0 Å². The van der Waals surface area contributed by atoms with Crippen LogP contribution in [0.2, 0.25) is 0 Å². The Labute approximate surface area is 81.1 Å². The van der Waals surface area contributed by atoms with E-state index in [1.807, 2.05) is 25.1 Å². The van der Waals surface area contributed by atoms with Crippen molar-refractivity contribution in [1.29, 1.82) is 0 Å². The first kappa shape index (κ1) is 9.31. The number of hydrogen-bond donors (Lipinski definition) is 1. The van der Waals surface area contributed by atoms with Crippen LogP contribution in [0.25, 0.3) is 0 Å². The van der Waals surface area contributed by atoms with E-state index in [1.165, 1.54) is 0 Å². The molecule has 0 saturated heterocycles. The maximum absolute atomic E-state index is 5.70. The monoisotopic (exact) mass is 223 g/mol. The van der Waals surface area contributed by atoms with Crippen molar-refractivity contribution in [3.05, 3.63) is 33.8 Å². The highest BCUT2D eigenvalue weighted by Crippen LogP contribution is 2.24. The number of aryl methyl sites for hydroxylation is 1. The van der Waals surface area contributed by atoms with E-state index in [1.54, 1.807) is 0 Å². The molecular weight excluding hydrogens is 214 g/mol. The molecule has 0 fully saturated rings. The second-order valence-electron chi connectivity index (χ2n) is 2.62. The summed E-state index contributed by atoms with van der Waals surface area (Å²) in [6, 6.07) is 5.57. The van der Waals surface area contributed by atoms with Gasteiger partial charge in [-0.3, -0.25) is 0 Å². The molecule has 1 rings (SSSR count). The molecule has 0 saturated carbocycles. The Bertz CT molecular complexity index is 325. The van der Waals surface area contributed by atoms with E-state index < -0.39 is 0 Å². The Hall–Kier alpha value is -0.780. The van der Waals surface area contributed by atoms with Gasteiger partial charge in [0.25, 0.3) is 0 Å². The molecule has 0 aliphatic carbocycles. The van der Waals surface area contributed by atoms with Gasteiger partial charge in [0, 0.05) is 4.47 Å². The topological polar surface area (TPSA) is 26.0 Å². The van der Waals surface area contributed by atoms with E-state index in [0.717, 1.165) is 15.6 Å². The minimum atomic E-state index is -0.320. The van der Waals surface area contributed by atoms with E-state index >= 15 is 0 Å². The van der Waals surface area contributed by atoms with Gasteiger partial charge in [-0.15, -0.1) is 6.42 Å². The first-order chi connectivity index (χ1) is 5.66. The summed E-state index contributed by atoms with van der Waals surface area (Å²) in [7, 11) is 0.